The zero-order chi connectivity index (χ0) is 14.7. The summed E-state index contributed by atoms with van der Waals surface area (Å²) in [5, 5.41) is 12.9. The van der Waals surface area contributed by atoms with Gasteiger partial charge in [-0.1, -0.05) is 0 Å². The lowest BCUT2D eigenvalue weighted by atomic mass is 10.1. The van der Waals surface area contributed by atoms with Crippen LogP contribution in [0.3, 0.4) is 0 Å². The molecule has 0 saturated heterocycles. The van der Waals surface area contributed by atoms with Crippen LogP contribution in [0.2, 0.25) is 0 Å². The lowest BCUT2D eigenvalue weighted by Gasteiger charge is -2.09. The van der Waals surface area contributed by atoms with E-state index in [4.69, 9.17) is 4.42 Å². The second-order valence-corrected chi connectivity index (χ2v) is 5.74. The molecular formula is C17H20FNO2. The Hall–Kier alpha value is -1.65. The summed E-state index contributed by atoms with van der Waals surface area (Å²) in [5.41, 5.74) is 0.876. The fraction of sp³-hybridized carbons (Fsp3) is 0.412. The monoisotopic (exact) mass is 289 g/mol. The van der Waals surface area contributed by atoms with Crippen LogP contribution in [-0.2, 0) is 6.54 Å². The summed E-state index contributed by atoms with van der Waals surface area (Å²) in [6.45, 7) is 1.58. The van der Waals surface area contributed by atoms with Crippen LogP contribution in [-0.4, -0.2) is 17.8 Å². The van der Waals surface area contributed by atoms with E-state index in [0.29, 0.717) is 12.5 Å². The molecule has 0 radical (unpaired) electrons. The van der Waals surface area contributed by atoms with Gasteiger partial charge < -0.3 is 14.8 Å². The molecule has 4 heteroatoms. The van der Waals surface area contributed by atoms with E-state index in [2.05, 4.69) is 5.32 Å². The molecule has 2 N–H and O–H groups in total. The minimum atomic E-state index is -0.244. The smallest absolute Gasteiger partial charge is 0.134 e. The zero-order valence-electron chi connectivity index (χ0n) is 11.9. The Labute approximate surface area is 123 Å². The molecule has 3 rings (SSSR count). The van der Waals surface area contributed by atoms with E-state index in [9.17, 15) is 9.50 Å². The topological polar surface area (TPSA) is 45.4 Å². The van der Waals surface area contributed by atoms with Crippen molar-refractivity contribution in [1.82, 2.24) is 5.32 Å². The standard InChI is InChI=1S/C17H20FNO2/c18-14-4-2-13(3-5-14)17-8-7-16(21-17)11-19-10-12-1-6-15(20)9-12/h2-5,7-8,12,15,19-20H,1,6,9-11H2. The van der Waals surface area contributed by atoms with Gasteiger partial charge in [-0.05, 0) is 68.1 Å². The molecule has 0 spiro atoms. The molecule has 2 unspecified atom stereocenters. The number of nitrogens with one attached hydrogen (secondary N) is 1. The van der Waals surface area contributed by atoms with Gasteiger partial charge in [0.25, 0.3) is 0 Å². The Bertz CT molecular complexity index is 579. The molecule has 0 amide bonds. The minimum Gasteiger partial charge on any atom is -0.460 e. The quantitative estimate of drug-likeness (QED) is 0.887. The van der Waals surface area contributed by atoms with Gasteiger partial charge in [0.05, 0.1) is 12.6 Å². The highest BCUT2D eigenvalue weighted by atomic mass is 19.1. The number of rotatable bonds is 5. The lowest BCUT2D eigenvalue weighted by Crippen LogP contribution is -2.21. The van der Waals surface area contributed by atoms with Crippen LogP contribution >= 0.6 is 0 Å². The van der Waals surface area contributed by atoms with Crippen molar-refractivity contribution in [3.8, 4) is 11.3 Å². The molecular weight excluding hydrogens is 269 g/mol. The predicted molar refractivity (Wildman–Crippen MR) is 79.2 cm³/mol. The summed E-state index contributed by atoms with van der Waals surface area (Å²) in [7, 11) is 0. The molecule has 1 heterocycles. The Morgan fingerprint density at radius 2 is 1.95 bits per heavy atom. The first kappa shape index (κ1) is 14.3. The SMILES string of the molecule is OC1CCC(CNCc2ccc(-c3ccc(F)cc3)o2)C1. The third kappa shape index (κ3) is 3.71. The molecule has 1 fully saturated rings. The first-order valence-corrected chi connectivity index (χ1v) is 7.44. The molecule has 0 aliphatic heterocycles. The van der Waals surface area contributed by atoms with Crippen molar-refractivity contribution in [2.75, 3.05) is 6.54 Å². The predicted octanol–water partition coefficient (Wildman–Crippen LogP) is 3.34. The van der Waals surface area contributed by atoms with Crippen molar-refractivity contribution in [3.63, 3.8) is 0 Å². The second-order valence-electron chi connectivity index (χ2n) is 5.74. The van der Waals surface area contributed by atoms with Gasteiger partial charge in [-0.3, -0.25) is 0 Å². The first-order valence-electron chi connectivity index (χ1n) is 7.44. The van der Waals surface area contributed by atoms with E-state index >= 15 is 0 Å². The highest BCUT2D eigenvalue weighted by Crippen LogP contribution is 2.25. The fourth-order valence-electron chi connectivity index (χ4n) is 2.88. The summed E-state index contributed by atoms with van der Waals surface area (Å²) in [6.07, 6.45) is 2.78. The third-order valence-corrected chi connectivity index (χ3v) is 4.04. The van der Waals surface area contributed by atoms with Crippen molar-refractivity contribution in [2.24, 2.45) is 5.92 Å². The van der Waals surface area contributed by atoms with E-state index in [1.54, 1.807) is 12.1 Å². The molecule has 21 heavy (non-hydrogen) atoms. The van der Waals surface area contributed by atoms with Crippen LogP contribution in [0.4, 0.5) is 4.39 Å². The van der Waals surface area contributed by atoms with Gasteiger partial charge >= 0.3 is 0 Å². The van der Waals surface area contributed by atoms with Gasteiger partial charge in [-0.25, -0.2) is 4.39 Å². The molecule has 2 aromatic rings. The Kier molecular flexibility index (Phi) is 4.36. The van der Waals surface area contributed by atoms with Crippen LogP contribution in [0.15, 0.2) is 40.8 Å². The van der Waals surface area contributed by atoms with Crippen LogP contribution in [0.5, 0.6) is 0 Å². The van der Waals surface area contributed by atoms with Gasteiger partial charge in [-0.2, -0.15) is 0 Å². The third-order valence-electron chi connectivity index (χ3n) is 4.04. The maximum atomic E-state index is 12.9. The maximum Gasteiger partial charge on any atom is 0.134 e. The van der Waals surface area contributed by atoms with Gasteiger partial charge in [0.1, 0.15) is 17.3 Å². The summed E-state index contributed by atoms with van der Waals surface area (Å²) in [4.78, 5) is 0. The largest absolute Gasteiger partial charge is 0.460 e. The Balaban J connectivity index is 1.52. The number of furan rings is 1. The van der Waals surface area contributed by atoms with E-state index < -0.39 is 0 Å². The number of benzene rings is 1. The average Bonchev–Trinajstić information content (AvgIpc) is 3.09. The fourth-order valence-corrected chi connectivity index (χ4v) is 2.88. The maximum absolute atomic E-state index is 12.9. The zero-order valence-corrected chi connectivity index (χ0v) is 11.9. The first-order chi connectivity index (χ1) is 10.2. The van der Waals surface area contributed by atoms with Crippen molar-refractivity contribution in [3.05, 3.63) is 48.0 Å². The molecule has 1 aliphatic rings. The normalized spacial score (nSPS) is 21.8. The molecule has 1 aliphatic carbocycles. The Morgan fingerprint density at radius 3 is 2.67 bits per heavy atom. The molecule has 1 saturated carbocycles. The summed E-state index contributed by atoms with van der Waals surface area (Å²) < 4.78 is 18.7. The van der Waals surface area contributed by atoms with E-state index in [1.807, 2.05) is 12.1 Å². The molecule has 112 valence electrons. The van der Waals surface area contributed by atoms with Crippen molar-refractivity contribution < 1.29 is 13.9 Å². The number of hydrogen-bond acceptors (Lipinski definition) is 3. The highest BCUT2D eigenvalue weighted by molar-refractivity contribution is 5.57. The van der Waals surface area contributed by atoms with Gasteiger partial charge in [0, 0.05) is 5.56 Å². The van der Waals surface area contributed by atoms with Crippen LogP contribution in [0, 0.1) is 11.7 Å². The second kappa shape index (κ2) is 6.41. The van der Waals surface area contributed by atoms with Crippen LogP contribution in [0.25, 0.3) is 11.3 Å². The van der Waals surface area contributed by atoms with Crippen molar-refractivity contribution in [1.29, 1.82) is 0 Å². The van der Waals surface area contributed by atoms with Gasteiger partial charge in [-0.15, -0.1) is 0 Å². The lowest BCUT2D eigenvalue weighted by molar-refractivity contribution is 0.177. The highest BCUT2D eigenvalue weighted by Gasteiger charge is 2.22. The van der Waals surface area contributed by atoms with Crippen molar-refractivity contribution in [2.45, 2.75) is 31.9 Å². The molecule has 2 atom stereocenters. The number of hydrogen-bond donors (Lipinski definition) is 2. The van der Waals surface area contributed by atoms with Crippen LogP contribution < -0.4 is 5.32 Å². The summed E-state index contributed by atoms with van der Waals surface area (Å²) in [5.74, 6) is 1.94. The number of aliphatic hydroxyl groups is 1. The van der Waals surface area contributed by atoms with Gasteiger partial charge in [0.2, 0.25) is 0 Å². The summed E-state index contributed by atoms with van der Waals surface area (Å²) >= 11 is 0. The van der Waals surface area contributed by atoms with E-state index in [0.717, 1.165) is 42.9 Å². The Morgan fingerprint density at radius 1 is 1.14 bits per heavy atom. The van der Waals surface area contributed by atoms with E-state index in [1.165, 1.54) is 12.1 Å². The van der Waals surface area contributed by atoms with Crippen molar-refractivity contribution >= 4 is 0 Å². The summed E-state index contributed by atoms with van der Waals surface area (Å²) in [6, 6.07) is 10.1. The molecule has 1 aromatic carbocycles. The number of aliphatic hydroxyl groups excluding tert-OH is 1. The average molecular weight is 289 g/mol. The number of halogens is 1. The van der Waals surface area contributed by atoms with Gasteiger partial charge in [0.15, 0.2) is 0 Å². The minimum absolute atomic E-state index is 0.120. The van der Waals surface area contributed by atoms with E-state index in [-0.39, 0.29) is 11.9 Å². The molecule has 1 aromatic heterocycles. The molecule has 0 bridgehead atoms. The molecule has 3 nitrogen and oxygen atoms in total. The van der Waals surface area contributed by atoms with Crippen LogP contribution in [0.1, 0.15) is 25.0 Å².